The van der Waals surface area contributed by atoms with Crippen LogP contribution >= 0.6 is 0 Å². The number of hydrogen-bond donors (Lipinski definition) is 2. The number of ether oxygens (including phenoxy) is 1. The Kier molecular flexibility index (Phi) is 6.45. The van der Waals surface area contributed by atoms with Crippen LogP contribution in [0.2, 0.25) is 0 Å². The standard InChI is InChI=1S/C20H28N2O3/c23-17-14-25-19(18(22-17)16-10-6-3-7-11-16)20(24)21-13-12-15-8-4-1-2-5-9-15/h3,6-7,10-11,15,18-19H,1-2,4-5,8-9,12-14H2,(H,21,24)(H,22,23)/t18-,19+/m1/s1. The predicted molar refractivity (Wildman–Crippen MR) is 95.9 cm³/mol. The van der Waals surface area contributed by atoms with Crippen LogP contribution in [0.25, 0.3) is 0 Å². The first kappa shape index (κ1) is 17.9. The van der Waals surface area contributed by atoms with E-state index < -0.39 is 12.1 Å². The number of benzene rings is 1. The second-order valence-corrected chi connectivity index (χ2v) is 7.12. The summed E-state index contributed by atoms with van der Waals surface area (Å²) in [5.41, 5.74) is 0.888. The first-order valence-electron chi connectivity index (χ1n) is 9.47. The molecule has 3 rings (SSSR count). The molecule has 1 aliphatic heterocycles. The number of carbonyl (C=O) groups excluding carboxylic acids is 2. The summed E-state index contributed by atoms with van der Waals surface area (Å²) in [6.07, 6.45) is 8.22. The molecule has 1 aromatic rings. The van der Waals surface area contributed by atoms with Gasteiger partial charge in [0.2, 0.25) is 5.91 Å². The fraction of sp³-hybridized carbons (Fsp3) is 0.600. The molecule has 1 saturated carbocycles. The Morgan fingerprint density at radius 1 is 1.12 bits per heavy atom. The molecule has 2 aliphatic rings. The van der Waals surface area contributed by atoms with Gasteiger partial charge in [0.05, 0.1) is 6.04 Å². The number of hydrogen-bond acceptors (Lipinski definition) is 3. The lowest BCUT2D eigenvalue weighted by Gasteiger charge is -2.31. The van der Waals surface area contributed by atoms with Crippen molar-refractivity contribution in [3.63, 3.8) is 0 Å². The zero-order valence-corrected chi connectivity index (χ0v) is 14.7. The summed E-state index contributed by atoms with van der Waals surface area (Å²) in [6, 6.07) is 9.10. The van der Waals surface area contributed by atoms with Crippen molar-refractivity contribution in [2.75, 3.05) is 13.2 Å². The second kappa shape index (κ2) is 8.99. The molecule has 0 spiro atoms. The van der Waals surface area contributed by atoms with Gasteiger partial charge in [0.1, 0.15) is 6.61 Å². The molecular weight excluding hydrogens is 316 g/mol. The molecule has 1 aliphatic carbocycles. The number of carbonyl (C=O) groups is 2. The molecule has 25 heavy (non-hydrogen) atoms. The molecule has 136 valence electrons. The summed E-state index contributed by atoms with van der Waals surface area (Å²) in [5, 5.41) is 5.91. The van der Waals surface area contributed by atoms with E-state index in [0.29, 0.717) is 6.54 Å². The van der Waals surface area contributed by atoms with Gasteiger partial charge in [-0.1, -0.05) is 68.9 Å². The van der Waals surface area contributed by atoms with Crippen molar-refractivity contribution in [3.05, 3.63) is 35.9 Å². The highest BCUT2D eigenvalue weighted by molar-refractivity contribution is 5.86. The third-order valence-electron chi connectivity index (χ3n) is 5.26. The predicted octanol–water partition coefficient (Wildman–Crippen LogP) is 2.72. The van der Waals surface area contributed by atoms with Gasteiger partial charge in [-0.25, -0.2) is 0 Å². The van der Waals surface area contributed by atoms with E-state index in [4.69, 9.17) is 4.74 Å². The molecule has 2 fully saturated rings. The third kappa shape index (κ3) is 5.05. The van der Waals surface area contributed by atoms with E-state index in [2.05, 4.69) is 10.6 Å². The van der Waals surface area contributed by atoms with E-state index in [-0.39, 0.29) is 18.4 Å². The molecule has 0 aromatic heterocycles. The van der Waals surface area contributed by atoms with Crippen LogP contribution in [-0.4, -0.2) is 31.1 Å². The van der Waals surface area contributed by atoms with Gasteiger partial charge >= 0.3 is 0 Å². The topological polar surface area (TPSA) is 67.4 Å². The van der Waals surface area contributed by atoms with Crippen LogP contribution < -0.4 is 10.6 Å². The summed E-state index contributed by atoms with van der Waals surface area (Å²) >= 11 is 0. The maximum atomic E-state index is 12.6. The van der Waals surface area contributed by atoms with Gasteiger partial charge in [0.25, 0.3) is 5.91 Å². The molecule has 1 heterocycles. The fourth-order valence-corrected chi connectivity index (χ4v) is 3.85. The quantitative estimate of drug-likeness (QED) is 0.807. The van der Waals surface area contributed by atoms with Crippen LogP contribution in [0.3, 0.4) is 0 Å². The Hall–Kier alpha value is -1.88. The fourth-order valence-electron chi connectivity index (χ4n) is 3.85. The van der Waals surface area contributed by atoms with Crippen LogP contribution in [0, 0.1) is 5.92 Å². The highest BCUT2D eigenvalue weighted by Gasteiger charge is 2.35. The van der Waals surface area contributed by atoms with E-state index in [1.54, 1.807) is 0 Å². The zero-order chi connectivity index (χ0) is 17.5. The minimum absolute atomic E-state index is 0.0654. The van der Waals surface area contributed by atoms with Crippen molar-refractivity contribution >= 4 is 11.8 Å². The molecule has 2 amide bonds. The van der Waals surface area contributed by atoms with Gasteiger partial charge in [0, 0.05) is 6.54 Å². The Balaban J connectivity index is 1.54. The molecule has 1 saturated heterocycles. The smallest absolute Gasteiger partial charge is 0.251 e. The van der Waals surface area contributed by atoms with Crippen molar-refractivity contribution in [1.29, 1.82) is 0 Å². The van der Waals surface area contributed by atoms with Crippen LogP contribution in [0.4, 0.5) is 0 Å². The SMILES string of the molecule is O=C1CO[C@H](C(=O)NCCC2CCCCCC2)[C@@H](c2ccccc2)N1. The zero-order valence-electron chi connectivity index (χ0n) is 14.7. The molecular formula is C20H28N2O3. The van der Waals surface area contributed by atoms with E-state index in [1.165, 1.54) is 38.5 Å². The van der Waals surface area contributed by atoms with Gasteiger partial charge < -0.3 is 15.4 Å². The van der Waals surface area contributed by atoms with Gasteiger partial charge in [-0.05, 0) is 17.9 Å². The van der Waals surface area contributed by atoms with Crippen molar-refractivity contribution < 1.29 is 14.3 Å². The average Bonchev–Trinajstić information content (AvgIpc) is 2.91. The molecule has 5 heteroatoms. The molecule has 0 radical (unpaired) electrons. The summed E-state index contributed by atoms with van der Waals surface area (Å²) in [7, 11) is 0. The molecule has 2 atom stereocenters. The number of rotatable bonds is 5. The van der Waals surface area contributed by atoms with Crippen LogP contribution in [0.15, 0.2) is 30.3 Å². The summed E-state index contributed by atoms with van der Waals surface area (Å²) in [4.78, 5) is 24.3. The van der Waals surface area contributed by atoms with Gasteiger partial charge in [-0.15, -0.1) is 0 Å². The lowest BCUT2D eigenvalue weighted by molar-refractivity contribution is -0.148. The normalized spacial score (nSPS) is 25.0. The van der Waals surface area contributed by atoms with Crippen molar-refractivity contribution in [3.8, 4) is 0 Å². The van der Waals surface area contributed by atoms with Crippen molar-refractivity contribution in [1.82, 2.24) is 10.6 Å². The average molecular weight is 344 g/mol. The molecule has 1 aromatic carbocycles. The first-order valence-corrected chi connectivity index (χ1v) is 9.47. The lowest BCUT2D eigenvalue weighted by Crippen LogP contribution is -2.52. The van der Waals surface area contributed by atoms with Gasteiger partial charge in [0.15, 0.2) is 6.10 Å². The largest absolute Gasteiger partial charge is 0.356 e. The second-order valence-electron chi connectivity index (χ2n) is 7.12. The Labute approximate surface area is 149 Å². The minimum Gasteiger partial charge on any atom is -0.356 e. The number of morpholine rings is 1. The van der Waals surface area contributed by atoms with Crippen LogP contribution in [0.1, 0.15) is 56.6 Å². The minimum atomic E-state index is -0.672. The highest BCUT2D eigenvalue weighted by atomic mass is 16.5. The van der Waals surface area contributed by atoms with E-state index >= 15 is 0 Å². The third-order valence-corrected chi connectivity index (χ3v) is 5.26. The summed E-state index contributed by atoms with van der Waals surface area (Å²) < 4.78 is 5.56. The molecule has 2 N–H and O–H groups in total. The Morgan fingerprint density at radius 2 is 1.84 bits per heavy atom. The van der Waals surface area contributed by atoms with E-state index in [0.717, 1.165) is 17.9 Å². The summed E-state index contributed by atoms with van der Waals surface area (Å²) in [5.74, 6) is 0.401. The maximum absolute atomic E-state index is 12.6. The number of amides is 2. The van der Waals surface area contributed by atoms with Gasteiger partial charge in [-0.2, -0.15) is 0 Å². The Bertz CT molecular complexity index is 568. The lowest BCUT2D eigenvalue weighted by atomic mass is 9.96. The highest BCUT2D eigenvalue weighted by Crippen LogP contribution is 2.25. The van der Waals surface area contributed by atoms with Gasteiger partial charge in [-0.3, -0.25) is 9.59 Å². The number of nitrogens with one attached hydrogen (secondary N) is 2. The first-order chi connectivity index (χ1) is 12.2. The maximum Gasteiger partial charge on any atom is 0.251 e. The molecule has 0 bridgehead atoms. The molecule has 0 unspecified atom stereocenters. The van der Waals surface area contributed by atoms with Crippen LogP contribution in [-0.2, 0) is 14.3 Å². The molecule has 5 nitrogen and oxygen atoms in total. The van der Waals surface area contributed by atoms with E-state index in [9.17, 15) is 9.59 Å². The summed E-state index contributed by atoms with van der Waals surface area (Å²) in [6.45, 7) is 0.614. The van der Waals surface area contributed by atoms with E-state index in [1.807, 2.05) is 30.3 Å². The monoisotopic (exact) mass is 344 g/mol. The van der Waals surface area contributed by atoms with Crippen LogP contribution in [0.5, 0.6) is 0 Å². The Morgan fingerprint density at radius 3 is 2.56 bits per heavy atom. The van der Waals surface area contributed by atoms with Crippen molar-refractivity contribution in [2.45, 2.75) is 57.1 Å². The van der Waals surface area contributed by atoms with Crippen molar-refractivity contribution in [2.24, 2.45) is 5.92 Å².